The summed E-state index contributed by atoms with van der Waals surface area (Å²) in [5, 5.41) is 0. The Labute approximate surface area is 170 Å². The van der Waals surface area contributed by atoms with Crippen LogP contribution >= 0.6 is 0 Å². The number of likely N-dealkylation sites (tertiary alicyclic amines) is 1. The molecule has 2 aliphatic rings. The molecule has 2 aromatic heterocycles. The Morgan fingerprint density at radius 3 is 2.79 bits per heavy atom. The average Bonchev–Trinajstić information content (AvgIpc) is 2.78. The van der Waals surface area contributed by atoms with Crippen LogP contribution in [0.5, 0.6) is 23.3 Å². The highest BCUT2D eigenvalue weighted by atomic mass is 16.6. The quantitative estimate of drug-likeness (QED) is 0.717. The Morgan fingerprint density at radius 2 is 2.03 bits per heavy atom. The van der Waals surface area contributed by atoms with Crippen LogP contribution in [-0.2, 0) is 0 Å². The number of aromatic nitrogens is 2. The summed E-state index contributed by atoms with van der Waals surface area (Å²) in [6.07, 6.45) is 3.36. The summed E-state index contributed by atoms with van der Waals surface area (Å²) >= 11 is 0. The van der Waals surface area contributed by atoms with E-state index in [1.807, 2.05) is 12.1 Å². The molecule has 8 heteroatoms. The van der Waals surface area contributed by atoms with E-state index < -0.39 is 0 Å². The van der Waals surface area contributed by atoms with Crippen LogP contribution in [0.1, 0.15) is 31.5 Å². The molecule has 152 valence electrons. The number of piperidine rings is 1. The van der Waals surface area contributed by atoms with Crippen molar-refractivity contribution in [1.82, 2.24) is 14.9 Å². The largest absolute Gasteiger partial charge is 0.508 e. The standard InChI is InChI=1S/C21H24N4O4/c1-14(16-4-5-18-21(24-16)28-11-10-27-18)25-8-6-15(7-9-25)29-20-12-19(26-3)17(22-2)13-23-20/h4-5,12-15H,6-11H2,1,3H3. The van der Waals surface area contributed by atoms with Crippen molar-refractivity contribution >= 4 is 5.69 Å². The molecule has 0 spiro atoms. The van der Waals surface area contributed by atoms with Gasteiger partial charge in [-0.1, -0.05) is 0 Å². The van der Waals surface area contributed by atoms with Crippen LogP contribution in [0, 0.1) is 6.57 Å². The maximum absolute atomic E-state index is 7.13. The third-order valence-corrected chi connectivity index (χ3v) is 5.33. The Kier molecular flexibility index (Phi) is 5.67. The minimum Gasteiger partial charge on any atom is -0.508 e. The monoisotopic (exact) mass is 396 g/mol. The molecule has 0 aromatic carbocycles. The number of pyridine rings is 2. The average molecular weight is 396 g/mol. The molecule has 0 bridgehead atoms. The van der Waals surface area contributed by atoms with Crippen molar-refractivity contribution in [3.8, 4) is 23.3 Å². The zero-order chi connectivity index (χ0) is 20.2. The first-order valence-corrected chi connectivity index (χ1v) is 9.76. The van der Waals surface area contributed by atoms with Crippen molar-refractivity contribution in [2.75, 3.05) is 33.4 Å². The summed E-state index contributed by atoms with van der Waals surface area (Å²) in [7, 11) is 1.54. The van der Waals surface area contributed by atoms with E-state index >= 15 is 0 Å². The van der Waals surface area contributed by atoms with E-state index in [-0.39, 0.29) is 12.1 Å². The van der Waals surface area contributed by atoms with Crippen molar-refractivity contribution in [3.05, 3.63) is 41.5 Å². The molecule has 0 saturated carbocycles. The van der Waals surface area contributed by atoms with Crippen molar-refractivity contribution in [2.45, 2.75) is 31.9 Å². The molecule has 1 fully saturated rings. The van der Waals surface area contributed by atoms with Crippen LogP contribution in [-0.4, -0.2) is 54.4 Å². The van der Waals surface area contributed by atoms with Crippen molar-refractivity contribution in [3.63, 3.8) is 0 Å². The number of hydrogen-bond acceptors (Lipinski definition) is 7. The van der Waals surface area contributed by atoms with Crippen LogP contribution in [0.4, 0.5) is 5.69 Å². The van der Waals surface area contributed by atoms with Gasteiger partial charge in [-0.2, -0.15) is 0 Å². The van der Waals surface area contributed by atoms with Gasteiger partial charge in [0.1, 0.15) is 25.1 Å². The molecule has 1 saturated heterocycles. The molecule has 4 heterocycles. The summed E-state index contributed by atoms with van der Waals surface area (Å²) in [5.74, 6) is 2.28. The van der Waals surface area contributed by atoms with Gasteiger partial charge in [-0.15, -0.1) is 0 Å². The second kappa shape index (κ2) is 8.53. The summed E-state index contributed by atoms with van der Waals surface area (Å²) in [6, 6.07) is 5.81. The van der Waals surface area contributed by atoms with Crippen LogP contribution in [0.3, 0.4) is 0 Å². The summed E-state index contributed by atoms with van der Waals surface area (Å²) in [5.41, 5.74) is 1.37. The predicted molar refractivity (Wildman–Crippen MR) is 106 cm³/mol. The van der Waals surface area contributed by atoms with Gasteiger partial charge in [0.05, 0.1) is 19.4 Å². The highest BCUT2D eigenvalue weighted by Crippen LogP contribution is 2.33. The van der Waals surface area contributed by atoms with Gasteiger partial charge < -0.3 is 18.9 Å². The zero-order valence-electron chi connectivity index (χ0n) is 16.6. The van der Waals surface area contributed by atoms with E-state index in [9.17, 15) is 0 Å². The highest BCUT2D eigenvalue weighted by Gasteiger charge is 2.27. The third kappa shape index (κ3) is 4.20. The maximum Gasteiger partial charge on any atom is 0.257 e. The van der Waals surface area contributed by atoms with E-state index in [2.05, 4.69) is 26.6 Å². The lowest BCUT2D eigenvalue weighted by atomic mass is 10.0. The van der Waals surface area contributed by atoms with E-state index in [1.165, 1.54) is 6.20 Å². The van der Waals surface area contributed by atoms with E-state index in [4.69, 9.17) is 25.5 Å². The molecule has 2 aliphatic heterocycles. The number of fused-ring (bicyclic) bond motifs is 1. The van der Waals surface area contributed by atoms with E-state index in [1.54, 1.807) is 13.2 Å². The smallest absolute Gasteiger partial charge is 0.257 e. The first kappa shape index (κ1) is 19.3. The number of methoxy groups -OCH3 is 1. The maximum atomic E-state index is 7.13. The SMILES string of the molecule is [C-]#[N+]c1cnc(OC2CCN(C(C)c3ccc4c(n3)OCCO4)CC2)cc1OC. The van der Waals surface area contributed by atoms with Crippen molar-refractivity contribution in [2.24, 2.45) is 0 Å². The fourth-order valence-electron chi connectivity index (χ4n) is 3.64. The van der Waals surface area contributed by atoms with Crippen LogP contribution in [0.25, 0.3) is 4.85 Å². The van der Waals surface area contributed by atoms with Gasteiger partial charge in [0, 0.05) is 31.4 Å². The molecule has 0 radical (unpaired) electrons. The molecule has 0 amide bonds. The van der Waals surface area contributed by atoms with E-state index in [0.29, 0.717) is 42.2 Å². The van der Waals surface area contributed by atoms with Crippen molar-refractivity contribution < 1.29 is 18.9 Å². The Hall–Kier alpha value is -3.05. The highest BCUT2D eigenvalue weighted by molar-refractivity contribution is 5.57. The third-order valence-electron chi connectivity index (χ3n) is 5.33. The van der Waals surface area contributed by atoms with Gasteiger partial charge in [0.25, 0.3) is 5.88 Å². The second-order valence-corrected chi connectivity index (χ2v) is 7.07. The molecular formula is C21H24N4O4. The molecule has 4 rings (SSSR count). The minimum absolute atomic E-state index is 0.0858. The summed E-state index contributed by atoms with van der Waals surface area (Å²) < 4.78 is 22.4. The molecule has 2 aromatic rings. The van der Waals surface area contributed by atoms with Crippen LogP contribution in [0.15, 0.2) is 24.4 Å². The zero-order valence-corrected chi connectivity index (χ0v) is 16.6. The predicted octanol–water partition coefficient (Wildman–Crippen LogP) is 3.41. The lowest BCUT2D eigenvalue weighted by molar-refractivity contribution is 0.0751. The van der Waals surface area contributed by atoms with E-state index in [0.717, 1.165) is 31.6 Å². The number of hydrogen-bond donors (Lipinski definition) is 0. The first-order chi connectivity index (χ1) is 14.2. The molecule has 1 atom stereocenters. The molecule has 8 nitrogen and oxygen atoms in total. The Morgan fingerprint density at radius 1 is 1.24 bits per heavy atom. The summed E-state index contributed by atoms with van der Waals surface area (Å²) in [4.78, 5) is 14.7. The summed E-state index contributed by atoms with van der Waals surface area (Å²) in [6.45, 7) is 12.2. The molecular weight excluding hydrogens is 372 g/mol. The van der Waals surface area contributed by atoms with Crippen LogP contribution < -0.4 is 18.9 Å². The molecule has 1 unspecified atom stereocenters. The minimum atomic E-state index is 0.0858. The lowest BCUT2D eigenvalue weighted by Crippen LogP contribution is -2.40. The van der Waals surface area contributed by atoms with Gasteiger partial charge in [-0.3, -0.25) is 4.90 Å². The molecule has 0 aliphatic carbocycles. The Bertz CT molecular complexity index is 906. The number of rotatable bonds is 5. The van der Waals surface area contributed by atoms with Gasteiger partial charge in [0.15, 0.2) is 5.75 Å². The fourth-order valence-corrected chi connectivity index (χ4v) is 3.64. The first-order valence-electron chi connectivity index (χ1n) is 9.76. The molecule has 29 heavy (non-hydrogen) atoms. The topological polar surface area (TPSA) is 70.3 Å². The van der Waals surface area contributed by atoms with Gasteiger partial charge in [-0.25, -0.2) is 14.8 Å². The van der Waals surface area contributed by atoms with Crippen molar-refractivity contribution in [1.29, 1.82) is 0 Å². The lowest BCUT2D eigenvalue weighted by Gasteiger charge is -2.35. The van der Waals surface area contributed by atoms with Gasteiger partial charge in [-0.05, 0) is 31.9 Å². The Balaban J connectivity index is 1.35. The number of nitrogens with zero attached hydrogens (tertiary/aromatic N) is 4. The normalized spacial score (nSPS) is 18.0. The van der Waals surface area contributed by atoms with Gasteiger partial charge >= 0.3 is 0 Å². The van der Waals surface area contributed by atoms with Crippen LogP contribution in [0.2, 0.25) is 0 Å². The number of ether oxygens (including phenoxy) is 4. The fraction of sp³-hybridized carbons (Fsp3) is 0.476. The molecule has 0 N–H and O–H groups in total. The second-order valence-electron chi connectivity index (χ2n) is 7.07. The van der Waals surface area contributed by atoms with Gasteiger partial charge in [0.2, 0.25) is 11.6 Å².